The van der Waals surface area contributed by atoms with Gasteiger partial charge in [0.1, 0.15) is 6.61 Å². The van der Waals surface area contributed by atoms with Crippen molar-refractivity contribution in [3.63, 3.8) is 0 Å². The van der Waals surface area contributed by atoms with Gasteiger partial charge in [-0.1, -0.05) is 6.92 Å². The van der Waals surface area contributed by atoms with Gasteiger partial charge in [0.2, 0.25) is 5.95 Å². The van der Waals surface area contributed by atoms with Crippen molar-refractivity contribution in [2.24, 2.45) is 0 Å². The van der Waals surface area contributed by atoms with Gasteiger partial charge in [-0.2, -0.15) is 9.97 Å². The summed E-state index contributed by atoms with van der Waals surface area (Å²) in [6.45, 7) is 6.29. The Hall–Kier alpha value is -1.63. The van der Waals surface area contributed by atoms with Crippen molar-refractivity contribution >= 4 is 5.95 Å². The first-order valence-corrected chi connectivity index (χ1v) is 6.77. The van der Waals surface area contributed by atoms with E-state index in [0.29, 0.717) is 13.2 Å². The zero-order valence-corrected chi connectivity index (χ0v) is 11.3. The summed E-state index contributed by atoms with van der Waals surface area (Å²) >= 11 is 0. The van der Waals surface area contributed by atoms with Crippen LogP contribution in [0.1, 0.15) is 26.2 Å². The van der Waals surface area contributed by atoms with Crippen LogP contribution in [0, 0.1) is 0 Å². The van der Waals surface area contributed by atoms with E-state index in [1.807, 2.05) is 6.92 Å². The smallest absolute Gasteiger partial charge is 0.324 e. The maximum Gasteiger partial charge on any atom is 0.324 e. The van der Waals surface area contributed by atoms with Crippen LogP contribution in [0.15, 0.2) is 0 Å². The summed E-state index contributed by atoms with van der Waals surface area (Å²) in [5.41, 5.74) is 5.59. The molecule has 2 N–H and O–H groups in total. The van der Waals surface area contributed by atoms with Gasteiger partial charge in [0.15, 0.2) is 0 Å². The lowest BCUT2D eigenvalue weighted by Crippen LogP contribution is -2.25. The molecule has 1 fully saturated rings. The standard InChI is InChI=1S/C12H21N5O2/c1-2-8-18-11-14-10(13)15-12(16-11)19-9-7-17-5-3-4-6-17/h2-9H2,1H3,(H2,13,14,15,16). The molecule has 19 heavy (non-hydrogen) atoms. The predicted octanol–water partition coefficient (Wildman–Crippen LogP) is 0.717. The number of ether oxygens (including phenoxy) is 2. The molecule has 0 spiro atoms. The fourth-order valence-corrected chi connectivity index (χ4v) is 1.95. The number of anilines is 1. The maximum atomic E-state index is 5.59. The van der Waals surface area contributed by atoms with Crippen molar-refractivity contribution in [1.29, 1.82) is 0 Å². The average Bonchev–Trinajstić information content (AvgIpc) is 2.89. The molecule has 7 nitrogen and oxygen atoms in total. The largest absolute Gasteiger partial charge is 0.463 e. The van der Waals surface area contributed by atoms with Crippen LogP contribution >= 0.6 is 0 Å². The third-order valence-electron chi connectivity index (χ3n) is 2.88. The van der Waals surface area contributed by atoms with Gasteiger partial charge in [-0.15, -0.1) is 4.98 Å². The second kappa shape index (κ2) is 7.08. The van der Waals surface area contributed by atoms with Crippen molar-refractivity contribution in [3.05, 3.63) is 0 Å². The molecule has 0 saturated carbocycles. The highest BCUT2D eigenvalue weighted by atomic mass is 16.5. The van der Waals surface area contributed by atoms with Gasteiger partial charge >= 0.3 is 12.0 Å². The van der Waals surface area contributed by atoms with Gasteiger partial charge in [0, 0.05) is 6.54 Å². The number of nitrogens with zero attached hydrogens (tertiary/aromatic N) is 4. The summed E-state index contributed by atoms with van der Waals surface area (Å²) in [4.78, 5) is 14.3. The molecule has 0 radical (unpaired) electrons. The molecule has 0 amide bonds. The number of hydrogen-bond acceptors (Lipinski definition) is 7. The predicted molar refractivity (Wildman–Crippen MR) is 71.2 cm³/mol. The Morgan fingerprint density at radius 2 is 1.68 bits per heavy atom. The first-order valence-electron chi connectivity index (χ1n) is 6.77. The number of hydrogen-bond donors (Lipinski definition) is 1. The summed E-state index contributed by atoms with van der Waals surface area (Å²) in [7, 11) is 0. The number of likely N-dealkylation sites (tertiary alicyclic amines) is 1. The highest BCUT2D eigenvalue weighted by molar-refractivity contribution is 5.20. The van der Waals surface area contributed by atoms with E-state index in [1.165, 1.54) is 12.8 Å². The molecule has 1 aliphatic rings. The molecule has 1 saturated heterocycles. The summed E-state index contributed by atoms with van der Waals surface area (Å²) in [5, 5.41) is 0. The van der Waals surface area contributed by atoms with Crippen molar-refractivity contribution in [2.75, 3.05) is 38.6 Å². The minimum Gasteiger partial charge on any atom is -0.463 e. The molecule has 0 bridgehead atoms. The summed E-state index contributed by atoms with van der Waals surface area (Å²) < 4.78 is 10.8. The van der Waals surface area contributed by atoms with Crippen LogP contribution < -0.4 is 15.2 Å². The van der Waals surface area contributed by atoms with E-state index in [2.05, 4.69) is 19.9 Å². The zero-order chi connectivity index (χ0) is 13.5. The Balaban J connectivity index is 1.82. The van der Waals surface area contributed by atoms with Gasteiger partial charge < -0.3 is 15.2 Å². The van der Waals surface area contributed by atoms with Crippen LogP contribution in [0.4, 0.5) is 5.95 Å². The minimum atomic E-state index is 0.122. The lowest BCUT2D eigenvalue weighted by atomic mass is 10.4. The molecular formula is C12H21N5O2. The van der Waals surface area contributed by atoms with Gasteiger partial charge in [-0.3, -0.25) is 4.90 Å². The first-order chi connectivity index (χ1) is 9.28. The molecule has 2 heterocycles. The SMILES string of the molecule is CCCOc1nc(N)nc(OCCN2CCCC2)n1. The number of aromatic nitrogens is 3. The molecule has 0 aromatic carbocycles. The quantitative estimate of drug-likeness (QED) is 0.778. The Morgan fingerprint density at radius 3 is 2.32 bits per heavy atom. The fraction of sp³-hybridized carbons (Fsp3) is 0.750. The van der Waals surface area contributed by atoms with E-state index in [9.17, 15) is 0 Å². The summed E-state index contributed by atoms with van der Waals surface area (Å²) in [5.74, 6) is 0.122. The second-order valence-electron chi connectivity index (χ2n) is 4.50. The maximum absolute atomic E-state index is 5.59. The van der Waals surface area contributed by atoms with Crippen LogP contribution in [0.5, 0.6) is 12.0 Å². The molecular weight excluding hydrogens is 246 g/mol. The fourth-order valence-electron chi connectivity index (χ4n) is 1.95. The van der Waals surface area contributed by atoms with Gasteiger partial charge in [0.05, 0.1) is 6.61 Å². The molecule has 0 unspecified atom stereocenters. The first kappa shape index (κ1) is 13.8. The van der Waals surface area contributed by atoms with Crippen molar-refractivity contribution in [3.8, 4) is 12.0 Å². The molecule has 1 aliphatic heterocycles. The van der Waals surface area contributed by atoms with Crippen molar-refractivity contribution in [1.82, 2.24) is 19.9 Å². The van der Waals surface area contributed by atoms with Crippen molar-refractivity contribution < 1.29 is 9.47 Å². The monoisotopic (exact) mass is 267 g/mol. The Kier molecular flexibility index (Phi) is 5.14. The third kappa shape index (κ3) is 4.51. The number of rotatable bonds is 7. The van der Waals surface area contributed by atoms with Crippen LogP contribution in [0.3, 0.4) is 0 Å². The summed E-state index contributed by atoms with van der Waals surface area (Å²) in [6.07, 6.45) is 3.43. The second-order valence-corrected chi connectivity index (χ2v) is 4.50. The van der Waals surface area contributed by atoms with E-state index < -0.39 is 0 Å². The molecule has 2 rings (SSSR count). The van der Waals surface area contributed by atoms with Gasteiger partial charge in [-0.05, 0) is 32.4 Å². The third-order valence-corrected chi connectivity index (χ3v) is 2.88. The van der Waals surface area contributed by atoms with E-state index in [-0.39, 0.29) is 18.0 Å². The highest BCUT2D eigenvalue weighted by Crippen LogP contribution is 2.11. The number of nitrogen functional groups attached to an aromatic ring is 1. The molecule has 7 heteroatoms. The topological polar surface area (TPSA) is 86.4 Å². The molecule has 1 aromatic rings. The molecule has 0 aliphatic carbocycles. The van der Waals surface area contributed by atoms with Crippen LogP contribution in [-0.4, -0.2) is 52.7 Å². The van der Waals surface area contributed by atoms with Crippen LogP contribution in [0.25, 0.3) is 0 Å². The Labute approximate surface area is 113 Å². The van der Waals surface area contributed by atoms with Gasteiger partial charge in [-0.25, -0.2) is 0 Å². The van der Waals surface area contributed by atoms with Gasteiger partial charge in [0.25, 0.3) is 0 Å². The molecule has 0 atom stereocenters. The highest BCUT2D eigenvalue weighted by Gasteiger charge is 2.12. The van der Waals surface area contributed by atoms with Crippen LogP contribution in [0.2, 0.25) is 0 Å². The van der Waals surface area contributed by atoms with Crippen molar-refractivity contribution in [2.45, 2.75) is 26.2 Å². The van der Waals surface area contributed by atoms with E-state index in [4.69, 9.17) is 15.2 Å². The normalized spacial score (nSPS) is 15.6. The molecule has 106 valence electrons. The van der Waals surface area contributed by atoms with E-state index >= 15 is 0 Å². The summed E-state index contributed by atoms with van der Waals surface area (Å²) in [6, 6.07) is 0.461. The average molecular weight is 267 g/mol. The molecule has 1 aromatic heterocycles. The Bertz CT molecular complexity index is 396. The van der Waals surface area contributed by atoms with E-state index in [0.717, 1.165) is 26.1 Å². The lowest BCUT2D eigenvalue weighted by molar-refractivity contribution is 0.219. The minimum absolute atomic E-state index is 0.122. The lowest BCUT2D eigenvalue weighted by Gasteiger charge is -2.14. The Morgan fingerprint density at radius 1 is 1.05 bits per heavy atom. The number of nitrogens with two attached hydrogens (primary N) is 1. The van der Waals surface area contributed by atoms with E-state index in [1.54, 1.807) is 0 Å². The zero-order valence-electron chi connectivity index (χ0n) is 11.3. The van der Waals surface area contributed by atoms with Crippen LogP contribution in [-0.2, 0) is 0 Å².